The molecular formula is C23H24N6. The average Bonchev–Trinajstić information content (AvgIpc) is 3.18. The van der Waals surface area contributed by atoms with Gasteiger partial charge in [0, 0.05) is 49.7 Å². The van der Waals surface area contributed by atoms with E-state index in [1.165, 1.54) is 11.1 Å². The Morgan fingerprint density at radius 1 is 0.828 bits per heavy atom. The highest BCUT2D eigenvalue weighted by molar-refractivity contribution is 5.68. The van der Waals surface area contributed by atoms with Crippen LogP contribution < -0.4 is 4.90 Å². The zero-order valence-corrected chi connectivity index (χ0v) is 16.8. The summed E-state index contributed by atoms with van der Waals surface area (Å²) in [7, 11) is 2.16. The number of nitrogens with zero attached hydrogens (tertiary/aromatic N) is 6. The Labute approximate surface area is 170 Å². The Kier molecular flexibility index (Phi) is 4.48. The van der Waals surface area contributed by atoms with Crippen LogP contribution in [0.3, 0.4) is 0 Å². The smallest absolute Gasteiger partial charge is 0.155 e. The molecule has 0 saturated carbocycles. The fourth-order valence-corrected chi connectivity index (χ4v) is 3.86. The lowest BCUT2D eigenvalue weighted by molar-refractivity contribution is 0.312. The van der Waals surface area contributed by atoms with Gasteiger partial charge in [-0.1, -0.05) is 24.3 Å². The zero-order valence-electron chi connectivity index (χ0n) is 16.8. The number of piperazine rings is 1. The maximum absolute atomic E-state index is 4.71. The van der Waals surface area contributed by atoms with E-state index in [-0.39, 0.29) is 0 Å². The summed E-state index contributed by atoms with van der Waals surface area (Å²) in [5, 5.41) is 0. The van der Waals surface area contributed by atoms with E-state index in [1.807, 2.05) is 18.6 Å². The molecule has 0 aliphatic carbocycles. The quantitative estimate of drug-likeness (QED) is 0.541. The molecule has 0 bridgehead atoms. The van der Waals surface area contributed by atoms with E-state index in [9.17, 15) is 0 Å². The molecule has 0 N–H and O–H groups in total. The number of fused-ring (bicyclic) bond motifs is 1. The summed E-state index contributed by atoms with van der Waals surface area (Å²) in [6.45, 7) is 6.30. The largest absolute Gasteiger partial charge is 0.354 e. The first-order valence-corrected chi connectivity index (χ1v) is 9.98. The predicted molar refractivity (Wildman–Crippen MR) is 116 cm³/mol. The summed E-state index contributed by atoms with van der Waals surface area (Å²) in [6.07, 6.45) is 7.71. The Bertz CT molecular complexity index is 1140. The van der Waals surface area contributed by atoms with Gasteiger partial charge in [0.15, 0.2) is 5.65 Å². The van der Waals surface area contributed by atoms with Crippen LogP contribution in [0, 0.1) is 6.92 Å². The highest BCUT2D eigenvalue weighted by atomic mass is 15.3. The molecule has 6 heteroatoms. The van der Waals surface area contributed by atoms with Gasteiger partial charge < -0.3 is 9.80 Å². The van der Waals surface area contributed by atoms with Crippen molar-refractivity contribution in [1.29, 1.82) is 0 Å². The molecule has 5 rings (SSSR count). The summed E-state index contributed by atoms with van der Waals surface area (Å²) in [6, 6.07) is 12.6. The highest BCUT2D eigenvalue weighted by Crippen LogP contribution is 2.26. The minimum atomic E-state index is 0.842. The normalized spacial score (nSPS) is 15.2. The highest BCUT2D eigenvalue weighted by Gasteiger charge is 2.15. The molecule has 3 aromatic heterocycles. The number of hydrogen-bond acceptors (Lipinski definition) is 5. The van der Waals surface area contributed by atoms with Crippen LogP contribution in [-0.4, -0.2) is 57.5 Å². The summed E-state index contributed by atoms with van der Waals surface area (Å²) in [4.78, 5) is 18.5. The summed E-state index contributed by atoms with van der Waals surface area (Å²) >= 11 is 0. The lowest BCUT2D eigenvalue weighted by Gasteiger charge is -2.33. The van der Waals surface area contributed by atoms with Crippen molar-refractivity contribution >= 4 is 11.5 Å². The van der Waals surface area contributed by atoms with Crippen molar-refractivity contribution in [3.05, 3.63) is 66.7 Å². The monoisotopic (exact) mass is 384 g/mol. The van der Waals surface area contributed by atoms with E-state index in [0.717, 1.165) is 54.6 Å². The van der Waals surface area contributed by atoms with E-state index in [0.29, 0.717) is 0 Å². The van der Waals surface area contributed by atoms with Gasteiger partial charge in [-0.15, -0.1) is 0 Å². The molecular weight excluding hydrogens is 360 g/mol. The fourth-order valence-electron chi connectivity index (χ4n) is 3.86. The van der Waals surface area contributed by atoms with Crippen LogP contribution in [0.15, 0.2) is 61.2 Å². The van der Waals surface area contributed by atoms with Crippen molar-refractivity contribution in [2.75, 3.05) is 38.1 Å². The van der Waals surface area contributed by atoms with Gasteiger partial charge in [0.05, 0.1) is 23.8 Å². The van der Waals surface area contributed by atoms with Crippen molar-refractivity contribution in [2.24, 2.45) is 0 Å². The van der Waals surface area contributed by atoms with Crippen LogP contribution in [0.4, 0.5) is 5.82 Å². The zero-order chi connectivity index (χ0) is 19.8. The van der Waals surface area contributed by atoms with E-state index in [4.69, 9.17) is 4.98 Å². The van der Waals surface area contributed by atoms with Crippen LogP contribution in [0.2, 0.25) is 0 Å². The van der Waals surface area contributed by atoms with Crippen molar-refractivity contribution in [3.8, 4) is 22.5 Å². The topological polar surface area (TPSA) is 49.6 Å². The van der Waals surface area contributed by atoms with Crippen molar-refractivity contribution in [3.63, 3.8) is 0 Å². The molecule has 4 heterocycles. The van der Waals surface area contributed by atoms with E-state index in [2.05, 4.69) is 80.7 Å². The molecule has 0 spiro atoms. The average molecular weight is 384 g/mol. The second kappa shape index (κ2) is 7.29. The van der Waals surface area contributed by atoms with Gasteiger partial charge in [0.25, 0.3) is 0 Å². The molecule has 1 aliphatic heterocycles. The first-order chi connectivity index (χ1) is 14.2. The van der Waals surface area contributed by atoms with Crippen LogP contribution in [-0.2, 0) is 0 Å². The third kappa shape index (κ3) is 3.36. The molecule has 1 saturated heterocycles. The Morgan fingerprint density at radius 3 is 2.41 bits per heavy atom. The van der Waals surface area contributed by atoms with Crippen LogP contribution in [0.25, 0.3) is 28.2 Å². The summed E-state index contributed by atoms with van der Waals surface area (Å²) in [5.74, 6) is 1.03. The number of imidazole rings is 1. The second-order valence-electron chi connectivity index (χ2n) is 7.65. The number of benzene rings is 1. The lowest BCUT2D eigenvalue weighted by Crippen LogP contribution is -2.44. The minimum Gasteiger partial charge on any atom is -0.354 e. The van der Waals surface area contributed by atoms with Crippen molar-refractivity contribution in [1.82, 2.24) is 24.3 Å². The standard InChI is InChI=1S/C23H24N6/c1-17-5-3-4-6-19(17)21-14-26-23-15-24-20(16-29(21)23)18-7-8-22(25-13-18)28-11-9-27(2)10-12-28/h3-8,13-16H,9-12H2,1-2H3. The van der Waals surface area contributed by atoms with Crippen LogP contribution in [0.1, 0.15) is 5.56 Å². The molecule has 146 valence electrons. The van der Waals surface area contributed by atoms with Gasteiger partial charge in [-0.05, 0) is 31.7 Å². The molecule has 1 aliphatic rings. The third-order valence-electron chi connectivity index (χ3n) is 5.69. The summed E-state index contributed by atoms with van der Waals surface area (Å²) < 4.78 is 2.11. The number of rotatable bonds is 3. The Hall–Kier alpha value is -3.25. The first kappa shape index (κ1) is 17.8. The molecule has 0 atom stereocenters. The van der Waals surface area contributed by atoms with Gasteiger partial charge >= 0.3 is 0 Å². The van der Waals surface area contributed by atoms with E-state index >= 15 is 0 Å². The van der Waals surface area contributed by atoms with Crippen LogP contribution in [0.5, 0.6) is 0 Å². The minimum absolute atomic E-state index is 0.842. The molecule has 4 aromatic rings. The SMILES string of the molecule is Cc1ccccc1-c1cnc2cnc(-c3ccc(N4CCN(C)CC4)nc3)cn12. The first-order valence-electron chi connectivity index (χ1n) is 9.98. The Balaban J connectivity index is 1.48. The molecule has 6 nitrogen and oxygen atoms in total. The van der Waals surface area contributed by atoms with Gasteiger partial charge in [-0.25, -0.2) is 9.97 Å². The second-order valence-corrected chi connectivity index (χ2v) is 7.65. The number of pyridine rings is 1. The van der Waals surface area contributed by atoms with Gasteiger partial charge in [-0.3, -0.25) is 9.38 Å². The lowest BCUT2D eigenvalue weighted by atomic mass is 10.1. The maximum atomic E-state index is 4.71. The number of likely N-dealkylation sites (N-methyl/N-ethyl adjacent to an activating group) is 1. The molecule has 0 radical (unpaired) electrons. The molecule has 29 heavy (non-hydrogen) atoms. The van der Waals surface area contributed by atoms with E-state index in [1.54, 1.807) is 0 Å². The van der Waals surface area contributed by atoms with Gasteiger partial charge in [0.1, 0.15) is 5.82 Å². The van der Waals surface area contributed by atoms with Crippen molar-refractivity contribution < 1.29 is 0 Å². The number of anilines is 1. The van der Waals surface area contributed by atoms with Crippen LogP contribution >= 0.6 is 0 Å². The van der Waals surface area contributed by atoms with E-state index < -0.39 is 0 Å². The maximum Gasteiger partial charge on any atom is 0.155 e. The molecule has 1 fully saturated rings. The Morgan fingerprint density at radius 2 is 1.66 bits per heavy atom. The van der Waals surface area contributed by atoms with Crippen molar-refractivity contribution in [2.45, 2.75) is 6.92 Å². The predicted octanol–water partition coefficient (Wildman–Crippen LogP) is 3.52. The number of aryl methyl sites for hydroxylation is 1. The van der Waals surface area contributed by atoms with Gasteiger partial charge in [-0.2, -0.15) is 0 Å². The number of hydrogen-bond donors (Lipinski definition) is 0. The third-order valence-corrected chi connectivity index (χ3v) is 5.69. The molecule has 0 unspecified atom stereocenters. The number of aromatic nitrogens is 4. The summed E-state index contributed by atoms with van der Waals surface area (Å²) in [5.41, 5.74) is 6.22. The molecule has 1 aromatic carbocycles. The molecule has 0 amide bonds. The van der Waals surface area contributed by atoms with Gasteiger partial charge in [0.2, 0.25) is 0 Å². The fraction of sp³-hybridized carbons (Fsp3) is 0.261.